The molecule has 2 aliphatic rings. The summed E-state index contributed by atoms with van der Waals surface area (Å²) in [7, 11) is -2.47. The standard InChI is InChI=1S/C19H24N6O6P/c1-4-19(8-29-32(28)24-18(5-6-18)17(27)30-11(2)3)12(26)7-13(31-19)25-10-23-14-15(20)21-9-22-16(14)25/h1,9-13,26H,5-8H2,2-3H3,(H,24,28)(H2,20,21,22)/q+1/t12-,13+,19+/m0/s1. The minimum Gasteiger partial charge on any atom is -0.461 e. The number of imidazole rings is 1. The van der Waals surface area contributed by atoms with Crippen molar-refractivity contribution in [1.29, 1.82) is 0 Å². The molecule has 1 saturated carbocycles. The van der Waals surface area contributed by atoms with Crippen molar-refractivity contribution in [3.63, 3.8) is 0 Å². The van der Waals surface area contributed by atoms with Crippen molar-refractivity contribution in [3.05, 3.63) is 12.7 Å². The second-order valence-electron chi connectivity index (χ2n) is 8.12. The Morgan fingerprint density at radius 1 is 1.50 bits per heavy atom. The van der Waals surface area contributed by atoms with Crippen LogP contribution in [0.3, 0.4) is 0 Å². The summed E-state index contributed by atoms with van der Waals surface area (Å²) in [4.78, 5) is 24.5. The molecule has 1 saturated heterocycles. The van der Waals surface area contributed by atoms with E-state index in [1.807, 2.05) is 0 Å². The Morgan fingerprint density at radius 2 is 2.25 bits per heavy atom. The van der Waals surface area contributed by atoms with E-state index in [1.165, 1.54) is 12.7 Å². The summed E-state index contributed by atoms with van der Waals surface area (Å²) < 4.78 is 30.6. The Labute approximate surface area is 184 Å². The number of nitrogens with two attached hydrogens (primary N) is 1. The van der Waals surface area contributed by atoms with Crippen molar-refractivity contribution in [2.75, 3.05) is 12.3 Å². The molecule has 4 N–H and O–H groups in total. The summed E-state index contributed by atoms with van der Waals surface area (Å²) in [5.74, 6) is 2.16. The monoisotopic (exact) mass is 463 g/mol. The van der Waals surface area contributed by atoms with Gasteiger partial charge in [-0.3, -0.25) is 4.57 Å². The molecule has 170 valence electrons. The summed E-state index contributed by atoms with van der Waals surface area (Å²) in [6, 6.07) is 0. The molecule has 0 bridgehead atoms. The van der Waals surface area contributed by atoms with Gasteiger partial charge in [-0.2, -0.15) is 0 Å². The van der Waals surface area contributed by atoms with Crippen LogP contribution >= 0.6 is 8.18 Å². The molecule has 0 spiro atoms. The third-order valence-electron chi connectivity index (χ3n) is 5.44. The van der Waals surface area contributed by atoms with Crippen molar-refractivity contribution in [3.8, 4) is 12.3 Å². The van der Waals surface area contributed by atoms with Crippen LogP contribution < -0.4 is 10.8 Å². The molecule has 2 fully saturated rings. The number of aliphatic hydroxyl groups is 1. The number of rotatable bonds is 8. The predicted molar refractivity (Wildman–Crippen MR) is 112 cm³/mol. The van der Waals surface area contributed by atoms with E-state index in [2.05, 4.69) is 26.0 Å². The summed E-state index contributed by atoms with van der Waals surface area (Å²) in [6.07, 6.45) is 7.43. The van der Waals surface area contributed by atoms with Gasteiger partial charge in [0.25, 0.3) is 0 Å². The number of carbonyl (C=O) groups is 1. The normalized spacial score (nSPS) is 26.8. The van der Waals surface area contributed by atoms with Gasteiger partial charge in [0.1, 0.15) is 30.8 Å². The van der Waals surface area contributed by atoms with Gasteiger partial charge in [-0.1, -0.05) is 11.0 Å². The number of esters is 1. The number of anilines is 1. The van der Waals surface area contributed by atoms with Crippen molar-refractivity contribution in [2.45, 2.75) is 62.7 Å². The number of aliphatic hydroxyl groups excluding tert-OH is 1. The summed E-state index contributed by atoms with van der Waals surface area (Å²) in [6.45, 7) is 3.11. The van der Waals surface area contributed by atoms with E-state index in [-0.39, 0.29) is 24.9 Å². The van der Waals surface area contributed by atoms with Gasteiger partial charge in [0, 0.05) is 6.42 Å². The molecule has 1 unspecified atom stereocenters. The molecular formula is C19H24N6O6P+. The van der Waals surface area contributed by atoms with Crippen molar-refractivity contribution >= 4 is 31.1 Å². The Morgan fingerprint density at radius 3 is 2.91 bits per heavy atom. The number of nitrogen functional groups attached to an aromatic ring is 1. The van der Waals surface area contributed by atoms with Crippen molar-refractivity contribution < 1.29 is 28.5 Å². The fourth-order valence-corrected chi connectivity index (χ4v) is 4.52. The molecule has 1 aliphatic carbocycles. The zero-order chi connectivity index (χ0) is 23.1. The van der Waals surface area contributed by atoms with Crippen LogP contribution in [-0.2, 0) is 23.4 Å². The van der Waals surface area contributed by atoms with Gasteiger partial charge in [0.05, 0.1) is 12.4 Å². The molecule has 0 aromatic carbocycles. The second-order valence-corrected chi connectivity index (χ2v) is 9.12. The molecule has 4 atom stereocenters. The molecule has 1 aliphatic heterocycles. The van der Waals surface area contributed by atoms with E-state index in [1.54, 1.807) is 18.4 Å². The molecule has 3 heterocycles. The lowest BCUT2D eigenvalue weighted by Gasteiger charge is -2.23. The number of aromatic nitrogens is 4. The molecule has 12 nitrogen and oxygen atoms in total. The van der Waals surface area contributed by atoms with Crippen molar-refractivity contribution in [1.82, 2.24) is 24.6 Å². The van der Waals surface area contributed by atoms with Gasteiger partial charge in [-0.05, 0) is 31.3 Å². The zero-order valence-corrected chi connectivity index (χ0v) is 18.5. The first-order chi connectivity index (χ1) is 15.2. The summed E-state index contributed by atoms with van der Waals surface area (Å²) in [5, 5.41) is 13.3. The van der Waals surface area contributed by atoms with E-state index in [0.29, 0.717) is 24.0 Å². The Kier molecular flexibility index (Phi) is 5.87. The van der Waals surface area contributed by atoms with Crippen LogP contribution in [0.25, 0.3) is 11.2 Å². The molecule has 0 radical (unpaired) electrons. The van der Waals surface area contributed by atoms with Gasteiger partial charge in [-0.25, -0.2) is 19.7 Å². The molecule has 2 aromatic rings. The number of ether oxygens (including phenoxy) is 2. The minimum absolute atomic E-state index is 0.123. The van der Waals surface area contributed by atoms with Gasteiger partial charge in [0.15, 0.2) is 22.6 Å². The van der Waals surface area contributed by atoms with E-state index in [9.17, 15) is 14.5 Å². The number of carbonyl (C=O) groups excluding carboxylic acids is 1. The Balaban J connectivity index is 1.43. The maximum Gasteiger partial charge on any atom is 0.614 e. The fourth-order valence-electron chi connectivity index (χ4n) is 3.48. The Hall–Kier alpha value is -2.68. The number of hydrogen-bond acceptors (Lipinski definition) is 10. The van der Waals surface area contributed by atoms with Crippen LogP contribution in [-0.4, -0.2) is 60.5 Å². The first kappa shape index (κ1) is 22.5. The topological polar surface area (TPSA) is 164 Å². The summed E-state index contributed by atoms with van der Waals surface area (Å²) in [5.41, 5.74) is 4.07. The van der Waals surface area contributed by atoms with E-state index >= 15 is 0 Å². The minimum atomic E-state index is -2.47. The first-order valence-corrected chi connectivity index (χ1v) is 11.2. The Bertz CT molecular complexity index is 1100. The highest BCUT2D eigenvalue weighted by molar-refractivity contribution is 7.36. The van der Waals surface area contributed by atoms with Gasteiger partial charge in [-0.15, -0.1) is 10.9 Å². The molecule has 0 amide bonds. The summed E-state index contributed by atoms with van der Waals surface area (Å²) >= 11 is 0. The number of hydrogen-bond donors (Lipinski definition) is 3. The van der Waals surface area contributed by atoms with Crippen molar-refractivity contribution in [2.24, 2.45) is 0 Å². The maximum absolute atomic E-state index is 12.5. The zero-order valence-electron chi connectivity index (χ0n) is 17.6. The lowest BCUT2D eigenvalue weighted by molar-refractivity contribution is -0.150. The van der Waals surface area contributed by atoms with Crippen LogP contribution in [0, 0.1) is 12.3 Å². The number of nitrogens with one attached hydrogen (secondary N) is 1. The highest BCUT2D eigenvalue weighted by Crippen LogP contribution is 2.43. The maximum atomic E-state index is 12.5. The van der Waals surface area contributed by atoms with E-state index in [0.717, 1.165) is 0 Å². The van der Waals surface area contributed by atoms with Gasteiger partial charge in [0.2, 0.25) is 0 Å². The highest BCUT2D eigenvalue weighted by atomic mass is 31.1. The van der Waals surface area contributed by atoms with Crippen LogP contribution in [0.2, 0.25) is 0 Å². The molecular weight excluding hydrogens is 439 g/mol. The number of fused-ring (bicyclic) bond motifs is 1. The third kappa shape index (κ3) is 4.05. The van der Waals surface area contributed by atoms with Crippen LogP contribution in [0.4, 0.5) is 5.82 Å². The second kappa shape index (κ2) is 8.35. The first-order valence-electron chi connectivity index (χ1n) is 10.1. The highest BCUT2D eigenvalue weighted by Gasteiger charge is 2.58. The van der Waals surface area contributed by atoms with E-state index < -0.39 is 37.6 Å². The largest absolute Gasteiger partial charge is 0.614 e. The lowest BCUT2D eigenvalue weighted by atomic mass is 9.99. The fraction of sp³-hybridized carbons (Fsp3) is 0.579. The quantitative estimate of drug-likeness (QED) is 0.288. The number of nitrogens with zero attached hydrogens (tertiary/aromatic N) is 4. The van der Waals surface area contributed by atoms with Gasteiger partial charge < -0.3 is 20.3 Å². The third-order valence-corrected chi connectivity index (χ3v) is 6.41. The molecule has 32 heavy (non-hydrogen) atoms. The smallest absolute Gasteiger partial charge is 0.461 e. The van der Waals surface area contributed by atoms with E-state index in [4.69, 9.17) is 26.2 Å². The lowest BCUT2D eigenvalue weighted by Crippen LogP contribution is -2.43. The average Bonchev–Trinajstić information content (AvgIpc) is 3.26. The SMILES string of the molecule is C#C[C@]1(CO[P+](=O)NC2(C(=O)OC(C)C)CC2)O[C@@H](n2cnc3c(N)ncnc32)C[C@@H]1O. The average molecular weight is 463 g/mol. The number of terminal acetylenes is 1. The molecule has 13 heteroatoms. The predicted octanol–water partition coefficient (Wildman–Crippen LogP) is 0.808. The van der Waals surface area contributed by atoms with Crippen LogP contribution in [0.5, 0.6) is 0 Å². The molecule has 2 aromatic heterocycles. The van der Waals surface area contributed by atoms with Crippen LogP contribution in [0.15, 0.2) is 12.7 Å². The van der Waals surface area contributed by atoms with Gasteiger partial charge >= 0.3 is 14.1 Å². The molecule has 4 rings (SSSR count). The van der Waals surface area contributed by atoms with Crippen LogP contribution in [0.1, 0.15) is 39.3 Å².